The molecule has 1 saturated carbocycles. The first-order valence-electron chi connectivity index (χ1n) is 12.8. The number of fused-ring (bicyclic) bond motifs is 5. The lowest BCUT2D eigenvalue weighted by Crippen LogP contribution is -2.45. The lowest BCUT2D eigenvalue weighted by Gasteiger charge is -2.32. The number of nitrogens with zero attached hydrogens (tertiary/aromatic N) is 3. The zero-order valence-electron chi connectivity index (χ0n) is 20.2. The van der Waals surface area contributed by atoms with Gasteiger partial charge in [0.15, 0.2) is 0 Å². The molecule has 1 aromatic carbocycles. The van der Waals surface area contributed by atoms with Gasteiger partial charge in [-0.25, -0.2) is 4.79 Å². The van der Waals surface area contributed by atoms with Gasteiger partial charge in [0.1, 0.15) is 5.00 Å². The standard InChI is InChI=1S/C28H34N4OS/c1-30(2)21-15-13-19(14-16-21)26-24-11-7-17-31(24)27-23(22-10-5-6-12-25(22)34-27)18-32(26)28(33)29-20-8-3-4-9-20/h7,11,13-17,20,26H,3-6,8-10,12,18H2,1-2H3,(H,29,33)/t26-/m0/s1. The van der Waals surface area contributed by atoms with Crippen molar-refractivity contribution in [1.82, 2.24) is 14.8 Å². The van der Waals surface area contributed by atoms with Crippen molar-refractivity contribution in [3.8, 4) is 5.00 Å². The summed E-state index contributed by atoms with van der Waals surface area (Å²) in [6.45, 7) is 0.668. The molecule has 0 radical (unpaired) electrons. The van der Waals surface area contributed by atoms with E-state index < -0.39 is 0 Å². The molecule has 3 aliphatic rings. The van der Waals surface area contributed by atoms with Crippen LogP contribution in [0.1, 0.15) is 71.8 Å². The number of amides is 2. The van der Waals surface area contributed by atoms with Crippen molar-refractivity contribution in [2.45, 2.75) is 70.0 Å². The molecule has 2 aliphatic carbocycles. The van der Waals surface area contributed by atoms with Crippen LogP contribution in [0.2, 0.25) is 0 Å². The largest absolute Gasteiger partial charge is 0.378 e. The van der Waals surface area contributed by atoms with Crippen LogP contribution in [0.5, 0.6) is 0 Å². The van der Waals surface area contributed by atoms with Gasteiger partial charge in [-0.3, -0.25) is 0 Å². The summed E-state index contributed by atoms with van der Waals surface area (Å²) in [5, 5.41) is 4.72. The highest BCUT2D eigenvalue weighted by Crippen LogP contribution is 2.44. The van der Waals surface area contributed by atoms with Crippen LogP contribution in [0.25, 0.3) is 5.00 Å². The van der Waals surface area contributed by atoms with Gasteiger partial charge in [-0.2, -0.15) is 0 Å². The molecule has 34 heavy (non-hydrogen) atoms. The number of hydrogen-bond acceptors (Lipinski definition) is 3. The van der Waals surface area contributed by atoms with Gasteiger partial charge in [0.25, 0.3) is 0 Å². The summed E-state index contributed by atoms with van der Waals surface area (Å²) in [7, 11) is 4.13. The molecule has 0 spiro atoms. The maximum absolute atomic E-state index is 13.9. The van der Waals surface area contributed by atoms with Gasteiger partial charge in [-0.1, -0.05) is 25.0 Å². The predicted octanol–water partition coefficient (Wildman–Crippen LogP) is 6.04. The summed E-state index contributed by atoms with van der Waals surface area (Å²) in [4.78, 5) is 19.7. The number of urea groups is 1. The molecule has 1 atom stereocenters. The zero-order chi connectivity index (χ0) is 23.2. The van der Waals surface area contributed by atoms with E-state index in [1.165, 1.54) is 64.5 Å². The average molecular weight is 475 g/mol. The Morgan fingerprint density at radius 2 is 1.76 bits per heavy atom. The Morgan fingerprint density at radius 1 is 1.00 bits per heavy atom. The van der Waals surface area contributed by atoms with Gasteiger partial charge in [-0.15, -0.1) is 11.3 Å². The molecule has 1 N–H and O–H groups in total. The SMILES string of the molecule is CN(C)c1ccc([C@H]2c3cccn3-c3sc4c(c3CN2C(=O)NC2CCCC2)CCCC4)cc1. The summed E-state index contributed by atoms with van der Waals surface area (Å²) in [5.41, 5.74) is 6.38. The lowest BCUT2D eigenvalue weighted by atomic mass is 9.95. The first-order chi connectivity index (χ1) is 16.6. The minimum Gasteiger partial charge on any atom is -0.378 e. The highest BCUT2D eigenvalue weighted by molar-refractivity contribution is 7.15. The molecule has 6 rings (SSSR count). The number of anilines is 1. The molecule has 2 amide bonds. The topological polar surface area (TPSA) is 40.5 Å². The van der Waals surface area contributed by atoms with Crippen LogP contribution < -0.4 is 10.2 Å². The van der Waals surface area contributed by atoms with Gasteiger partial charge >= 0.3 is 6.03 Å². The molecular weight excluding hydrogens is 440 g/mol. The van der Waals surface area contributed by atoms with Crippen molar-refractivity contribution < 1.29 is 4.79 Å². The second kappa shape index (κ2) is 8.81. The molecule has 178 valence electrons. The van der Waals surface area contributed by atoms with E-state index in [2.05, 4.69) is 76.4 Å². The summed E-state index contributed by atoms with van der Waals surface area (Å²) in [5.74, 6) is 0. The van der Waals surface area contributed by atoms with Crippen LogP contribution in [-0.2, 0) is 19.4 Å². The van der Waals surface area contributed by atoms with Gasteiger partial charge in [0.05, 0.1) is 18.3 Å². The van der Waals surface area contributed by atoms with E-state index >= 15 is 0 Å². The Bertz CT molecular complexity index is 1190. The fourth-order valence-electron chi connectivity index (χ4n) is 6.02. The number of rotatable bonds is 3. The molecule has 0 bridgehead atoms. The minimum atomic E-state index is -0.119. The van der Waals surface area contributed by atoms with Crippen molar-refractivity contribution >= 4 is 23.1 Å². The molecule has 3 aromatic rings. The van der Waals surface area contributed by atoms with E-state index in [0.717, 1.165) is 24.8 Å². The van der Waals surface area contributed by atoms with E-state index in [-0.39, 0.29) is 12.1 Å². The number of aromatic nitrogens is 1. The summed E-state index contributed by atoms with van der Waals surface area (Å²) in [6.07, 6.45) is 11.6. The van der Waals surface area contributed by atoms with Crippen molar-refractivity contribution in [2.24, 2.45) is 0 Å². The molecule has 3 heterocycles. The van der Waals surface area contributed by atoms with E-state index in [1.54, 1.807) is 0 Å². The molecule has 5 nitrogen and oxygen atoms in total. The summed E-state index contributed by atoms with van der Waals surface area (Å²) in [6, 6.07) is 13.3. The van der Waals surface area contributed by atoms with Crippen molar-refractivity contribution in [2.75, 3.05) is 19.0 Å². The molecule has 1 fully saturated rings. The number of hydrogen-bond donors (Lipinski definition) is 1. The van der Waals surface area contributed by atoms with Gasteiger partial charge in [0, 0.05) is 42.5 Å². The molecule has 2 aromatic heterocycles. The van der Waals surface area contributed by atoms with Gasteiger partial charge < -0.3 is 19.7 Å². The Morgan fingerprint density at radius 3 is 2.53 bits per heavy atom. The monoisotopic (exact) mass is 474 g/mol. The molecule has 6 heteroatoms. The molecule has 1 aliphatic heterocycles. The first-order valence-corrected chi connectivity index (χ1v) is 13.6. The van der Waals surface area contributed by atoms with Crippen LogP contribution in [0.15, 0.2) is 42.6 Å². The van der Waals surface area contributed by atoms with Crippen molar-refractivity contribution in [3.63, 3.8) is 0 Å². The smallest absolute Gasteiger partial charge is 0.318 e. The van der Waals surface area contributed by atoms with Crippen LogP contribution in [-0.4, -0.2) is 35.6 Å². The van der Waals surface area contributed by atoms with Gasteiger partial charge in [0.2, 0.25) is 0 Å². The number of aryl methyl sites for hydroxylation is 1. The van der Waals surface area contributed by atoms with Crippen LogP contribution >= 0.6 is 11.3 Å². The highest BCUT2D eigenvalue weighted by atomic mass is 32.1. The summed E-state index contributed by atoms with van der Waals surface area (Å²) < 4.78 is 2.37. The fourth-order valence-corrected chi connectivity index (χ4v) is 7.42. The Hall–Kier alpha value is -2.73. The van der Waals surface area contributed by atoms with E-state index in [1.807, 2.05) is 11.3 Å². The minimum absolute atomic E-state index is 0.0740. The molecule has 0 unspecified atom stereocenters. The Balaban J connectivity index is 1.47. The zero-order valence-corrected chi connectivity index (χ0v) is 21.0. The third-order valence-electron chi connectivity index (χ3n) is 7.85. The van der Waals surface area contributed by atoms with Crippen LogP contribution in [0.3, 0.4) is 0 Å². The van der Waals surface area contributed by atoms with Crippen molar-refractivity contribution in [3.05, 3.63) is 69.9 Å². The highest BCUT2D eigenvalue weighted by Gasteiger charge is 2.36. The quantitative estimate of drug-likeness (QED) is 0.503. The number of carbonyl (C=O) groups excluding carboxylic acids is 1. The normalized spacial score (nSPS) is 19.8. The second-order valence-corrected chi connectivity index (χ2v) is 11.3. The predicted molar refractivity (Wildman–Crippen MR) is 139 cm³/mol. The third kappa shape index (κ3) is 3.72. The first kappa shape index (κ1) is 21.8. The molecule has 0 saturated heterocycles. The third-order valence-corrected chi connectivity index (χ3v) is 9.18. The number of benzene rings is 1. The van der Waals surface area contributed by atoms with E-state index in [4.69, 9.17) is 0 Å². The number of thiophene rings is 1. The van der Waals surface area contributed by atoms with E-state index in [0.29, 0.717) is 12.6 Å². The van der Waals surface area contributed by atoms with Gasteiger partial charge in [-0.05, 0) is 73.9 Å². The lowest BCUT2D eigenvalue weighted by molar-refractivity contribution is 0.176. The average Bonchev–Trinajstić information content (AvgIpc) is 3.58. The van der Waals surface area contributed by atoms with E-state index in [9.17, 15) is 4.79 Å². The number of nitrogens with one attached hydrogen (secondary N) is 1. The Labute approximate surface area is 206 Å². The summed E-state index contributed by atoms with van der Waals surface area (Å²) >= 11 is 1.95. The van der Waals surface area contributed by atoms with Crippen LogP contribution in [0.4, 0.5) is 10.5 Å². The maximum atomic E-state index is 13.9. The maximum Gasteiger partial charge on any atom is 0.318 e. The fraction of sp³-hybridized carbons (Fsp3) is 0.464. The Kier molecular flexibility index (Phi) is 5.64. The second-order valence-electron chi connectivity index (χ2n) is 10.2. The van der Waals surface area contributed by atoms with Crippen LogP contribution in [0, 0.1) is 0 Å². The number of carbonyl (C=O) groups is 1. The van der Waals surface area contributed by atoms with Crippen molar-refractivity contribution in [1.29, 1.82) is 0 Å². The molecular formula is C28H34N4OS.